The Morgan fingerprint density at radius 2 is 2.22 bits per heavy atom. The first-order valence-corrected chi connectivity index (χ1v) is 6.85. The Labute approximate surface area is 116 Å². The predicted molar refractivity (Wildman–Crippen MR) is 77.3 cm³/mol. The third kappa shape index (κ3) is 3.00. The lowest BCUT2D eigenvalue weighted by molar-refractivity contribution is 0.619. The molecule has 1 unspecified atom stereocenters. The third-order valence-corrected chi connectivity index (χ3v) is 3.84. The molecule has 2 rings (SSSR count). The van der Waals surface area contributed by atoms with Crippen molar-refractivity contribution in [1.82, 2.24) is 9.55 Å². The number of benzene rings is 1. The summed E-state index contributed by atoms with van der Waals surface area (Å²) in [5.74, 6) is 1.08. The molecule has 0 aliphatic heterocycles. The highest BCUT2D eigenvalue weighted by molar-refractivity contribution is 9.10. The molecule has 3 nitrogen and oxygen atoms in total. The van der Waals surface area contributed by atoms with Gasteiger partial charge in [-0.2, -0.15) is 0 Å². The van der Waals surface area contributed by atoms with Crippen molar-refractivity contribution in [2.45, 2.75) is 25.8 Å². The molecule has 0 radical (unpaired) electrons. The summed E-state index contributed by atoms with van der Waals surface area (Å²) in [6, 6.07) is 6.34. The maximum absolute atomic E-state index is 6.25. The van der Waals surface area contributed by atoms with E-state index in [9.17, 15) is 0 Å². The highest BCUT2D eigenvalue weighted by Crippen LogP contribution is 2.25. The van der Waals surface area contributed by atoms with Crippen molar-refractivity contribution >= 4 is 15.9 Å². The molecule has 2 aromatic rings. The number of imidazole rings is 1. The van der Waals surface area contributed by atoms with E-state index >= 15 is 0 Å². The Hall–Kier alpha value is -1.13. The van der Waals surface area contributed by atoms with E-state index in [4.69, 9.17) is 5.73 Å². The highest BCUT2D eigenvalue weighted by atomic mass is 79.9. The van der Waals surface area contributed by atoms with Gasteiger partial charge < -0.3 is 10.3 Å². The van der Waals surface area contributed by atoms with Gasteiger partial charge >= 0.3 is 0 Å². The summed E-state index contributed by atoms with van der Waals surface area (Å²) >= 11 is 3.58. The standard InChI is InChI=1S/C14H18BrN3/c1-10-3-4-11(12(15)9-10)13(16)5-6-14-17-7-8-18(14)2/h3-4,7-9,13H,5-6,16H2,1-2H3. The fourth-order valence-corrected chi connectivity index (χ4v) is 2.80. The molecule has 0 saturated carbocycles. The molecular formula is C14H18BrN3. The van der Waals surface area contributed by atoms with Crippen LogP contribution in [-0.4, -0.2) is 9.55 Å². The van der Waals surface area contributed by atoms with Crippen LogP contribution in [0, 0.1) is 6.92 Å². The Kier molecular flexibility index (Phi) is 4.19. The molecule has 1 heterocycles. The van der Waals surface area contributed by atoms with Crippen molar-refractivity contribution in [3.63, 3.8) is 0 Å². The summed E-state index contributed by atoms with van der Waals surface area (Å²) in [6.07, 6.45) is 5.57. The molecule has 0 spiro atoms. The van der Waals surface area contributed by atoms with E-state index in [0.29, 0.717) is 0 Å². The van der Waals surface area contributed by atoms with Gasteiger partial charge in [-0.1, -0.05) is 28.1 Å². The Balaban J connectivity index is 2.03. The van der Waals surface area contributed by atoms with Crippen molar-refractivity contribution in [1.29, 1.82) is 0 Å². The fraction of sp³-hybridized carbons (Fsp3) is 0.357. The van der Waals surface area contributed by atoms with E-state index in [1.54, 1.807) is 0 Å². The SMILES string of the molecule is Cc1ccc(C(N)CCc2nccn2C)c(Br)c1. The zero-order chi connectivity index (χ0) is 13.1. The van der Waals surface area contributed by atoms with E-state index in [2.05, 4.69) is 46.0 Å². The molecule has 4 heteroatoms. The average Bonchev–Trinajstić information content (AvgIpc) is 2.72. The molecule has 1 aromatic carbocycles. The molecule has 2 N–H and O–H groups in total. The fourth-order valence-electron chi connectivity index (χ4n) is 2.01. The van der Waals surface area contributed by atoms with Gasteiger partial charge in [-0.15, -0.1) is 0 Å². The Morgan fingerprint density at radius 1 is 1.44 bits per heavy atom. The van der Waals surface area contributed by atoms with Gasteiger partial charge in [0.05, 0.1) is 0 Å². The lowest BCUT2D eigenvalue weighted by atomic mass is 10.0. The summed E-state index contributed by atoms with van der Waals surface area (Å²) in [4.78, 5) is 4.31. The van der Waals surface area contributed by atoms with Gasteiger partial charge in [0.15, 0.2) is 0 Å². The maximum Gasteiger partial charge on any atom is 0.108 e. The first-order valence-electron chi connectivity index (χ1n) is 6.05. The van der Waals surface area contributed by atoms with Gasteiger partial charge in [0, 0.05) is 36.4 Å². The van der Waals surface area contributed by atoms with Gasteiger partial charge in [0.2, 0.25) is 0 Å². The lowest BCUT2D eigenvalue weighted by Crippen LogP contribution is -2.13. The van der Waals surface area contributed by atoms with Crippen LogP contribution in [0.25, 0.3) is 0 Å². The number of aromatic nitrogens is 2. The van der Waals surface area contributed by atoms with Crippen molar-refractivity contribution in [2.24, 2.45) is 12.8 Å². The molecule has 0 bridgehead atoms. The van der Waals surface area contributed by atoms with Crippen LogP contribution < -0.4 is 5.73 Å². The molecule has 96 valence electrons. The Morgan fingerprint density at radius 3 is 2.83 bits per heavy atom. The monoisotopic (exact) mass is 307 g/mol. The molecule has 18 heavy (non-hydrogen) atoms. The van der Waals surface area contributed by atoms with E-state index in [-0.39, 0.29) is 6.04 Å². The number of nitrogens with two attached hydrogens (primary N) is 1. The second-order valence-electron chi connectivity index (χ2n) is 4.62. The largest absolute Gasteiger partial charge is 0.338 e. The van der Waals surface area contributed by atoms with Crippen LogP contribution in [0.15, 0.2) is 35.1 Å². The minimum absolute atomic E-state index is 0.0386. The molecule has 0 fully saturated rings. The average molecular weight is 308 g/mol. The lowest BCUT2D eigenvalue weighted by Gasteiger charge is -2.14. The zero-order valence-corrected chi connectivity index (χ0v) is 12.3. The summed E-state index contributed by atoms with van der Waals surface area (Å²) in [5, 5.41) is 0. The highest BCUT2D eigenvalue weighted by Gasteiger charge is 2.11. The topological polar surface area (TPSA) is 43.8 Å². The molecule has 0 aliphatic carbocycles. The van der Waals surface area contributed by atoms with Crippen LogP contribution in [0.1, 0.15) is 29.4 Å². The number of hydrogen-bond donors (Lipinski definition) is 1. The quantitative estimate of drug-likeness (QED) is 0.943. The van der Waals surface area contributed by atoms with Gasteiger partial charge in [0.25, 0.3) is 0 Å². The summed E-state index contributed by atoms with van der Waals surface area (Å²) in [5.41, 5.74) is 8.65. The smallest absolute Gasteiger partial charge is 0.108 e. The van der Waals surface area contributed by atoms with Crippen LogP contribution in [0.5, 0.6) is 0 Å². The van der Waals surface area contributed by atoms with Crippen molar-refractivity contribution in [3.8, 4) is 0 Å². The molecule has 0 saturated heterocycles. The van der Waals surface area contributed by atoms with Gasteiger partial charge in [0.1, 0.15) is 5.82 Å². The Bertz CT molecular complexity index is 534. The van der Waals surface area contributed by atoms with Crippen molar-refractivity contribution < 1.29 is 0 Å². The van der Waals surface area contributed by atoms with Crippen LogP contribution in [0.4, 0.5) is 0 Å². The van der Waals surface area contributed by atoms with Gasteiger partial charge in [-0.3, -0.25) is 0 Å². The molecule has 0 amide bonds. The van der Waals surface area contributed by atoms with Crippen LogP contribution in [0.3, 0.4) is 0 Å². The minimum atomic E-state index is 0.0386. The zero-order valence-electron chi connectivity index (χ0n) is 10.7. The van der Waals surface area contributed by atoms with Gasteiger partial charge in [-0.05, 0) is 30.5 Å². The minimum Gasteiger partial charge on any atom is -0.338 e. The first-order chi connectivity index (χ1) is 8.58. The van der Waals surface area contributed by atoms with E-state index in [1.165, 1.54) is 5.56 Å². The number of halogens is 1. The number of nitrogens with zero attached hydrogens (tertiary/aromatic N) is 2. The van der Waals surface area contributed by atoms with E-state index < -0.39 is 0 Å². The van der Waals surface area contributed by atoms with Crippen LogP contribution in [0.2, 0.25) is 0 Å². The second kappa shape index (κ2) is 5.67. The number of hydrogen-bond acceptors (Lipinski definition) is 2. The first kappa shape index (κ1) is 13.3. The molecule has 1 aromatic heterocycles. The van der Waals surface area contributed by atoms with E-state index in [0.717, 1.165) is 28.7 Å². The van der Waals surface area contributed by atoms with Crippen molar-refractivity contribution in [2.75, 3.05) is 0 Å². The molecule has 1 atom stereocenters. The van der Waals surface area contributed by atoms with Crippen molar-refractivity contribution in [3.05, 3.63) is 52.0 Å². The van der Waals surface area contributed by atoms with Gasteiger partial charge in [-0.25, -0.2) is 4.98 Å². The van der Waals surface area contributed by atoms with Crippen LogP contribution >= 0.6 is 15.9 Å². The van der Waals surface area contributed by atoms with E-state index in [1.807, 2.05) is 24.0 Å². The summed E-state index contributed by atoms with van der Waals surface area (Å²) in [6.45, 7) is 2.08. The predicted octanol–water partition coefficient (Wildman–Crippen LogP) is 3.12. The number of aryl methyl sites for hydroxylation is 3. The van der Waals surface area contributed by atoms with Crippen LogP contribution in [-0.2, 0) is 13.5 Å². The second-order valence-corrected chi connectivity index (χ2v) is 5.48. The number of rotatable bonds is 4. The molecular weight excluding hydrogens is 290 g/mol. The summed E-state index contributed by atoms with van der Waals surface area (Å²) in [7, 11) is 2.01. The third-order valence-electron chi connectivity index (χ3n) is 3.16. The normalized spacial score (nSPS) is 12.7. The maximum atomic E-state index is 6.25. The molecule has 0 aliphatic rings. The summed E-state index contributed by atoms with van der Waals surface area (Å²) < 4.78 is 3.13.